The van der Waals surface area contributed by atoms with Gasteiger partial charge in [0.15, 0.2) is 0 Å². The highest BCUT2D eigenvalue weighted by Gasteiger charge is 2.28. The summed E-state index contributed by atoms with van der Waals surface area (Å²) in [5, 5.41) is 9.01. The molecule has 0 aliphatic carbocycles. The van der Waals surface area contributed by atoms with Crippen LogP contribution in [-0.4, -0.2) is 26.8 Å². The Morgan fingerprint density at radius 2 is 1.95 bits per heavy atom. The number of hydrogen-bond acceptors (Lipinski definition) is 3. The predicted octanol–water partition coefficient (Wildman–Crippen LogP) is 2.00. The Kier molecular flexibility index (Phi) is 4.57. The number of carboxylic acid groups (broad SMARTS) is 1. The van der Waals surface area contributed by atoms with Gasteiger partial charge < -0.3 is 5.11 Å². The topological polar surface area (TPSA) is 72.2 Å². The second kappa shape index (κ2) is 5.64. The third-order valence-corrected chi connectivity index (χ3v) is 3.10. The minimum absolute atomic E-state index is 0.210. The molecule has 20 heavy (non-hydrogen) atoms. The summed E-state index contributed by atoms with van der Waals surface area (Å²) in [5.41, 5.74) is -0.0860. The molecule has 1 unspecified atom stereocenters. The van der Waals surface area contributed by atoms with Crippen LogP contribution in [0, 0.1) is 13.8 Å². The van der Waals surface area contributed by atoms with Gasteiger partial charge in [-0.25, -0.2) is 4.79 Å². The minimum Gasteiger partial charge on any atom is -0.481 e. The molecular weight excluding hydrogens is 277 g/mol. The second-order valence-electron chi connectivity index (χ2n) is 4.56. The Labute approximate surface area is 113 Å². The van der Waals surface area contributed by atoms with E-state index in [0.29, 0.717) is 0 Å². The number of carboxylic acids is 1. The van der Waals surface area contributed by atoms with E-state index in [9.17, 15) is 22.8 Å². The largest absolute Gasteiger partial charge is 0.481 e. The van der Waals surface area contributed by atoms with Crippen LogP contribution in [0.3, 0.4) is 0 Å². The maximum Gasteiger partial charge on any atom is 0.390 e. The van der Waals surface area contributed by atoms with Crippen molar-refractivity contribution in [2.24, 2.45) is 0 Å². The number of aromatic nitrogens is 2. The summed E-state index contributed by atoms with van der Waals surface area (Å²) >= 11 is 0. The van der Waals surface area contributed by atoms with E-state index in [1.54, 1.807) is 0 Å². The van der Waals surface area contributed by atoms with Crippen molar-refractivity contribution in [2.75, 3.05) is 0 Å². The highest BCUT2D eigenvalue weighted by molar-refractivity contribution is 5.76. The van der Waals surface area contributed by atoms with E-state index in [2.05, 4.69) is 4.98 Å². The van der Waals surface area contributed by atoms with E-state index in [4.69, 9.17) is 5.11 Å². The third-order valence-electron chi connectivity index (χ3n) is 3.10. The van der Waals surface area contributed by atoms with Crippen molar-refractivity contribution < 1.29 is 23.1 Å². The molecule has 1 aromatic rings. The van der Waals surface area contributed by atoms with Gasteiger partial charge in [-0.05, 0) is 20.8 Å². The van der Waals surface area contributed by atoms with Gasteiger partial charge in [-0.3, -0.25) is 9.36 Å². The van der Waals surface area contributed by atoms with Crippen LogP contribution in [-0.2, 0) is 11.3 Å². The van der Waals surface area contributed by atoms with Gasteiger partial charge in [0.25, 0.3) is 0 Å². The number of aryl methyl sites for hydroxylation is 1. The smallest absolute Gasteiger partial charge is 0.390 e. The molecule has 8 heteroatoms. The molecule has 1 N–H and O–H groups in total. The Bertz CT molecular complexity index is 579. The van der Waals surface area contributed by atoms with Crippen LogP contribution in [0.5, 0.6) is 0 Å². The molecular formula is C12H15F3N2O3. The number of halogens is 3. The average molecular weight is 292 g/mol. The molecule has 0 bridgehead atoms. The van der Waals surface area contributed by atoms with Crippen molar-refractivity contribution in [3.63, 3.8) is 0 Å². The number of rotatable bonds is 4. The maximum absolute atomic E-state index is 12.2. The van der Waals surface area contributed by atoms with Crippen molar-refractivity contribution in [3.05, 3.63) is 27.4 Å². The molecule has 1 atom stereocenters. The molecule has 0 aliphatic heterocycles. The lowest BCUT2D eigenvalue weighted by molar-refractivity contribution is -0.139. The van der Waals surface area contributed by atoms with Crippen LogP contribution in [0.4, 0.5) is 13.2 Å². The first-order valence-electron chi connectivity index (χ1n) is 5.92. The van der Waals surface area contributed by atoms with Crippen LogP contribution in [0.25, 0.3) is 0 Å². The zero-order chi connectivity index (χ0) is 15.7. The fourth-order valence-electron chi connectivity index (χ4n) is 2.07. The molecule has 1 aromatic heterocycles. The predicted molar refractivity (Wildman–Crippen MR) is 64.7 cm³/mol. The van der Waals surface area contributed by atoms with E-state index < -0.39 is 36.7 Å². The Hall–Kier alpha value is -1.86. The number of alkyl halides is 3. The van der Waals surface area contributed by atoms with Gasteiger partial charge >= 0.3 is 17.8 Å². The lowest BCUT2D eigenvalue weighted by Crippen LogP contribution is -2.30. The zero-order valence-corrected chi connectivity index (χ0v) is 11.3. The second-order valence-corrected chi connectivity index (χ2v) is 4.56. The van der Waals surface area contributed by atoms with Gasteiger partial charge in [-0.15, -0.1) is 0 Å². The van der Waals surface area contributed by atoms with Crippen LogP contribution in [0.1, 0.15) is 36.2 Å². The van der Waals surface area contributed by atoms with Crippen LogP contribution >= 0.6 is 0 Å². The summed E-state index contributed by atoms with van der Waals surface area (Å²) in [5.74, 6) is -2.07. The van der Waals surface area contributed by atoms with Crippen molar-refractivity contribution in [3.8, 4) is 0 Å². The van der Waals surface area contributed by atoms with Gasteiger partial charge in [0, 0.05) is 23.5 Å². The van der Waals surface area contributed by atoms with E-state index >= 15 is 0 Å². The summed E-state index contributed by atoms with van der Waals surface area (Å²) in [6.45, 7) is 3.73. The first-order valence-corrected chi connectivity index (χ1v) is 5.92. The summed E-state index contributed by atoms with van der Waals surface area (Å²) in [6.07, 6.45) is -5.56. The highest BCUT2D eigenvalue weighted by atomic mass is 19.4. The van der Waals surface area contributed by atoms with Gasteiger partial charge in [0.1, 0.15) is 0 Å². The molecule has 0 spiro atoms. The van der Waals surface area contributed by atoms with Gasteiger partial charge in [-0.1, -0.05) is 0 Å². The zero-order valence-electron chi connectivity index (χ0n) is 11.3. The molecule has 0 aliphatic rings. The maximum atomic E-state index is 12.2. The van der Waals surface area contributed by atoms with Crippen molar-refractivity contribution in [1.29, 1.82) is 0 Å². The van der Waals surface area contributed by atoms with Crippen molar-refractivity contribution in [2.45, 2.75) is 45.8 Å². The van der Waals surface area contributed by atoms with Crippen LogP contribution in [0.2, 0.25) is 0 Å². The molecule has 0 amide bonds. The number of aliphatic carboxylic acids is 1. The lowest BCUT2D eigenvalue weighted by atomic mass is 9.98. The van der Waals surface area contributed by atoms with E-state index in [1.807, 2.05) is 0 Å². The minimum atomic E-state index is -4.39. The number of nitrogens with zero attached hydrogens (tertiary/aromatic N) is 2. The Morgan fingerprint density at radius 3 is 2.40 bits per heavy atom. The molecule has 112 valence electrons. The van der Waals surface area contributed by atoms with Crippen molar-refractivity contribution >= 4 is 5.97 Å². The SMILES string of the molecule is Cc1nc(=O)n(CCC(F)(F)F)c(C)c1C(C)C(=O)O. The van der Waals surface area contributed by atoms with Crippen molar-refractivity contribution in [1.82, 2.24) is 9.55 Å². The lowest BCUT2D eigenvalue weighted by Gasteiger charge is -2.18. The fourth-order valence-corrected chi connectivity index (χ4v) is 2.07. The molecule has 0 fully saturated rings. The Balaban J connectivity index is 3.29. The first-order chi connectivity index (χ1) is 9.04. The van der Waals surface area contributed by atoms with Crippen LogP contribution in [0.15, 0.2) is 4.79 Å². The summed E-state index contributed by atoms with van der Waals surface area (Å²) < 4.78 is 37.6. The normalized spacial score (nSPS) is 13.3. The highest BCUT2D eigenvalue weighted by Crippen LogP contribution is 2.23. The Morgan fingerprint density at radius 1 is 1.40 bits per heavy atom. The number of carbonyl (C=O) groups is 1. The molecule has 0 saturated heterocycles. The quantitative estimate of drug-likeness (QED) is 0.921. The van der Waals surface area contributed by atoms with E-state index in [-0.39, 0.29) is 17.0 Å². The van der Waals surface area contributed by atoms with Gasteiger partial charge in [0.05, 0.1) is 12.3 Å². The molecule has 1 heterocycles. The third kappa shape index (κ3) is 3.58. The number of hydrogen-bond donors (Lipinski definition) is 1. The summed E-state index contributed by atoms with van der Waals surface area (Å²) in [7, 11) is 0. The monoisotopic (exact) mass is 292 g/mol. The van der Waals surface area contributed by atoms with Gasteiger partial charge in [0.2, 0.25) is 0 Å². The molecule has 0 aromatic carbocycles. The summed E-state index contributed by atoms with van der Waals surface area (Å²) in [4.78, 5) is 26.3. The first kappa shape index (κ1) is 16.2. The standard InChI is InChI=1S/C12H15F3N2O3/c1-6(10(18)19)9-7(2)16-11(20)17(8(9)3)5-4-12(13,14)15/h6H,4-5H2,1-3H3,(H,18,19). The molecule has 5 nitrogen and oxygen atoms in total. The van der Waals surface area contributed by atoms with Crippen LogP contribution < -0.4 is 5.69 Å². The van der Waals surface area contributed by atoms with Gasteiger partial charge in [-0.2, -0.15) is 18.2 Å². The molecule has 0 saturated carbocycles. The van der Waals surface area contributed by atoms with E-state index in [1.165, 1.54) is 20.8 Å². The van der Waals surface area contributed by atoms with E-state index in [0.717, 1.165) is 4.57 Å². The molecule has 0 radical (unpaired) electrons. The summed E-state index contributed by atoms with van der Waals surface area (Å²) in [6, 6.07) is 0. The average Bonchev–Trinajstić information content (AvgIpc) is 2.26. The molecule has 1 rings (SSSR count). The fraction of sp³-hybridized carbons (Fsp3) is 0.583.